The molecule has 8 nitrogen and oxygen atoms in total. The molecule has 0 unspecified atom stereocenters. The van der Waals surface area contributed by atoms with Gasteiger partial charge in [-0.1, -0.05) is 36.0 Å². The first-order valence-electron chi connectivity index (χ1n) is 8.65. The predicted molar refractivity (Wildman–Crippen MR) is 112 cm³/mol. The molecule has 0 aliphatic carbocycles. The Bertz CT molecular complexity index is 965. The van der Waals surface area contributed by atoms with Crippen molar-refractivity contribution < 1.29 is 4.79 Å². The van der Waals surface area contributed by atoms with Crippen LogP contribution in [0.5, 0.6) is 0 Å². The molecule has 0 aliphatic heterocycles. The third kappa shape index (κ3) is 5.17. The van der Waals surface area contributed by atoms with E-state index in [1.54, 1.807) is 12.4 Å². The Morgan fingerprint density at radius 2 is 2.00 bits per heavy atom. The Balaban J connectivity index is 1.53. The summed E-state index contributed by atoms with van der Waals surface area (Å²) >= 11 is 1.25. The van der Waals surface area contributed by atoms with Crippen molar-refractivity contribution in [2.24, 2.45) is 5.10 Å². The second kappa shape index (κ2) is 9.14. The summed E-state index contributed by atoms with van der Waals surface area (Å²) in [5.41, 5.74) is 7.42. The zero-order valence-electron chi connectivity index (χ0n) is 15.9. The van der Waals surface area contributed by atoms with E-state index < -0.39 is 0 Å². The lowest BCUT2D eigenvalue weighted by atomic mass is 10.1. The number of aromatic amines is 1. The fourth-order valence-corrected chi connectivity index (χ4v) is 3.05. The molecule has 0 aliphatic rings. The molecule has 0 fully saturated rings. The summed E-state index contributed by atoms with van der Waals surface area (Å²) < 4.78 is 0. The van der Waals surface area contributed by atoms with Crippen LogP contribution >= 0.6 is 11.8 Å². The van der Waals surface area contributed by atoms with Gasteiger partial charge in [0, 0.05) is 23.6 Å². The fraction of sp³-hybridized carbons (Fsp3) is 0.211. The third-order valence-electron chi connectivity index (χ3n) is 3.95. The van der Waals surface area contributed by atoms with Crippen LogP contribution in [0.1, 0.15) is 23.6 Å². The quantitative estimate of drug-likeness (QED) is 0.321. The van der Waals surface area contributed by atoms with Gasteiger partial charge in [0.2, 0.25) is 17.0 Å². The number of rotatable bonds is 7. The lowest BCUT2D eigenvalue weighted by molar-refractivity contribution is -0.113. The van der Waals surface area contributed by atoms with E-state index in [1.165, 1.54) is 11.8 Å². The number of hydrogen-bond acceptors (Lipinski definition) is 7. The molecule has 144 valence electrons. The van der Waals surface area contributed by atoms with Crippen LogP contribution in [0.2, 0.25) is 0 Å². The van der Waals surface area contributed by atoms with Gasteiger partial charge in [0.25, 0.3) is 0 Å². The average molecular weight is 395 g/mol. The van der Waals surface area contributed by atoms with Gasteiger partial charge in [-0.3, -0.25) is 9.78 Å². The minimum absolute atomic E-state index is 0.104. The summed E-state index contributed by atoms with van der Waals surface area (Å²) in [6.45, 7) is 5.81. The van der Waals surface area contributed by atoms with Crippen molar-refractivity contribution >= 4 is 35.0 Å². The topological polar surface area (TPSA) is 108 Å². The Labute approximate surface area is 167 Å². The molecule has 0 saturated heterocycles. The van der Waals surface area contributed by atoms with Crippen LogP contribution in [0, 0.1) is 13.8 Å². The van der Waals surface area contributed by atoms with E-state index in [1.807, 2.05) is 51.1 Å². The molecule has 3 rings (SSSR count). The van der Waals surface area contributed by atoms with Crippen molar-refractivity contribution in [2.45, 2.75) is 25.9 Å². The summed E-state index contributed by atoms with van der Waals surface area (Å²) in [6.07, 6.45) is 3.44. The number of carbonyl (C=O) groups is 1. The molecule has 3 N–H and O–H groups in total. The number of nitrogens with zero attached hydrogens (tertiary/aromatic N) is 4. The van der Waals surface area contributed by atoms with Crippen LogP contribution in [0.15, 0.2) is 53.0 Å². The highest BCUT2D eigenvalue weighted by Crippen LogP contribution is 2.20. The largest absolute Gasteiger partial charge is 0.325 e. The smallest absolute Gasteiger partial charge is 0.240 e. The molecule has 0 saturated carbocycles. The molecule has 0 radical (unpaired) electrons. The first-order chi connectivity index (χ1) is 13.5. The van der Waals surface area contributed by atoms with Gasteiger partial charge in [0.1, 0.15) is 0 Å². The molecule has 1 aromatic carbocycles. The summed E-state index contributed by atoms with van der Waals surface area (Å²) in [5, 5.41) is 14.5. The molecule has 0 atom stereocenters. The van der Waals surface area contributed by atoms with Crippen LogP contribution in [0.3, 0.4) is 0 Å². The maximum atomic E-state index is 12.2. The van der Waals surface area contributed by atoms with Gasteiger partial charge in [-0.05, 0) is 38.0 Å². The minimum atomic E-state index is -0.104. The van der Waals surface area contributed by atoms with E-state index in [4.69, 9.17) is 0 Å². The van der Waals surface area contributed by atoms with Gasteiger partial charge in [0.05, 0.1) is 11.5 Å². The van der Waals surface area contributed by atoms with E-state index in [9.17, 15) is 4.79 Å². The Kier molecular flexibility index (Phi) is 6.38. The fourth-order valence-electron chi connectivity index (χ4n) is 2.46. The SMILES string of the molecule is C/C(=N\Nc1nc(SCC(=O)Nc2c(C)cccc2C)n[nH]1)c1cccnc1. The van der Waals surface area contributed by atoms with Gasteiger partial charge >= 0.3 is 0 Å². The number of thioether (sulfide) groups is 1. The number of hydrazone groups is 1. The van der Waals surface area contributed by atoms with Crippen LogP contribution in [-0.2, 0) is 4.79 Å². The van der Waals surface area contributed by atoms with Crippen molar-refractivity contribution in [3.05, 3.63) is 59.4 Å². The Morgan fingerprint density at radius 1 is 1.21 bits per heavy atom. The summed E-state index contributed by atoms with van der Waals surface area (Å²) in [7, 11) is 0. The standard InChI is InChI=1S/C19H21N7OS/c1-12-6-4-7-13(2)17(12)21-16(27)11-28-19-22-18(25-26-19)24-23-14(3)15-8-5-9-20-10-15/h4-10H,11H2,1-3H3,(H,21,27)(H2,22,24,25,26)/b23-14+. The maximum absolute atomic E-state index is 12.2. The normalized spacial score (nSPS) is 11.3. The van der Waals surface area contributed by atoms with Gasteiger partial charge in [-0.2, -0.15) is 10.1 Å². The number of aryl methyl sites for hydroxylation is 2. The number of nitrogens with one attached hydrogen (secondary N) is 3. The number of carbonyl (C=O) groups excluding carboxylic acids is 1. The highest BCUT2D eigenvalue weighted by Gasteiger charge is 2.10. The van der Waals surface area contributed by atoms with Crippen LogP contribution in [0.25, 0.3) is 0 Å². The lowest BCUT2D eigenvalue weighted by Crippen LogP contribution is -2.15. The third-order valence-corrected chi connectivity index (χ3v) is 4.80. The molecule has 28 heavy (non-hydrogen) atoms. The minimum Gasteiger partial charge on any atom is -0.325 e. The van der Waals surface area contributed by atoms with Gasteiger partial charge in [0.15, 0.2) is 0 Å². The highest BCUT2D eigenvalue weighted by molar-refractivity contribution is 7.99. The van der Waals surface area contributed by atoms with Crippen molar-refractivity contribution in [3.63, 3.8) is 0 Å². The molecule has 0 spiro atoms. The predicted octanol–water partition coefficient (Wildman–Crippen LogP) is 3.38. The summed E-state index contributed by atoms with van der Waals surface area (Å²) in [5.74, 6) is 0.510. The number of hydrogen-bond donors (Lipinski definition) is 3. The number of H-pyrrole nitrogens is 1. The summed E-state index contributed by atoms with van der Waals surface area (Å²) in [6, 6.07) is 9.68. The molecule has 9 heteroatoms. The van der Waals surface area contributed by atoms with E-state index in [-0.39, 0.29) is 11.7 Å². The van der Waals surface area contributed by atoms with E-state index in [0.717, 1.165) is 28.1 Å². The maximum Gasteiger partial charge on any atom is 0.240 e. The molecular formula is C19H21N7OS. The van der Waals surface area contributed by atoms with Gasteiger partial charge in [-0.25, -0.2) is 10.5 Å². The number of pyridine rings is 1. The first kappa shape index (κ1) is 19.6. The van der Waals surface area contributed by atoms with Crippen molar-refractivity contribution in [3.8, 4) is 0 Å². The number of amides is 1. The van der Waals surface area contributed by atoms with Crippen molar-refractivity contribution in [1.29, 1.82) is 0 Å². The molecule has 2 heterocycles. The van der Waals surface area contributed by atoms with Crippen LogP contribution in [-0.4, -0.2) is 37.5 Å². The number of para-hydroxylation sites is 1. The zero-order chi connectivity index (χ0) is 19.9. The molecule has 1 amide bonds. The Hall–Kier alpha value is -3.20. The first-order valence-corrected chi connectivity index (χ1v) is 9.63. The van der Waals surface area contributed by atoms with Crippen LogP contribution in [0.4, 0.5) is 11.6 Å². The average Bonchev–Trinajstić information content (AvgIpc) is 3.16. The number of benzene rings is 1. The van der Waals surface area contributed by atoms with E-state index in [0.29, 0.717) is 11.1 Å². The van der Waals surface area contributed by atoms with Gasteiger partial charge in [-0.15, -0.1) is 5.10 Å². The molecular weight excluding hydrogens is 374 g/mol. The van der Waals surface area contributed by atoms with Crippen molar-refractivity contribution in [1.82, 2.24) is 20.2 Å². The summed E-state index contributed by atoms with van der Waals surface area (Å²) in [4.78, 5) is 20.6. The number of aromatic nitrogens is 4. The lowest BCUT2D eigenvalue weighted by Gasteiger charge is -2.10. The second-order valence-electron chi connectivity index (χ2n) is 6.12. The van der Waals surface area contributed by atoms with E-state index >= 15 is 0 Å². The second-order valence-corrected chi connectivity index (χ2v) is 7.06. The zero-order valence-corrected chi connectivity index (χ0v) is 16.7. The molecule has 3 aromatic rings. The van der Waals surface area contributed by atoms with Crippen molar-refractivity contribution in [2.75, 3.05) is 16.5 Å². The Morgan fingerprint density at radius 3 is 2.71 bits per heavy atom. The van der Waals surface area contributed by atoms with E-state index in [2.05, 4.69) is 36.0 Å². The molecule has 0 bridgehead atoms. The van der Waals surface area contributed by atoms with Crippen LogP contribution < -0.4 is 10.7 Å². The van der Waals surface area contributed by atoms with Gasteiger partial charge < -0.3 is 5.32 Å². The monoisotopic (exact) mass is 395 g/mol. The number of anilines is 2. The highest BCUT2D eigenvalue weighted by atomic mass is 32.2. The molecule has 2 aromatic heterocycles.